The number of carbonyl (C=O) groups excluding carboxylic acids is 2. The topological polar surface area (TPSA) is 61.9 Å². The van der Waals surface area contributed by atoms with E-state index >= 15 is 0 Å². The van der Waals surface area contributed by atoms with E-state index in [-0.39, 0.29) is 17.7 Å². The SMILES string of the molecule is CNC12CCCC3C(=C(C)COC1CC(C)CN2CC(=O)N(C)CCc1ccccc1)CC1C3CCC2CC(=O)CCC21C. The van der Waals surface area contributed by atoms with Gasteiger partial charge in [-0.1, -0.05) is 49.8 Å². The zero-order valence-electron chi connectivity index (χ0n) is 28.1. The van der Waals surface area contributed by atoms with Gasteiger partial charge in [0.25, 0.3) is 0 Å². The highest BCUT2D eigenvalue weighted by molar-refractivity contribution is 5.79. The third-order valence-corrected chi connectivity index (χ3v) is 13.1. The molecule has 1 N–H and O–H groups in total. The molecular weight excluding hydrogens is 546 g/mol. The van der Waals surface area contributed by atoms with E-state index in [1.54, 1.807) is 5.57 Å². The number of allylic oxidation sites excluding steroid dienone is 1. The summed E-state index contributed by atoms with van der Waals surface area (Å²) in [5.74, 6) is 3.79. The van der Waals surface area contributed by atoms with Gasteiger partial charge in [0.2, 0.25) is 5.91 Å². The van der Waals surface area contributed by atoms with Crippen LogP contribution in [0.5, 0.6) is 0 Å². The summed E-state index contributed by atoms with van der Waals surface area (Å²) in [6, 6.07) is 10.5. The smallest absolute Gasteiger partial charge is 0.236 e. The molecule has 0 radical (unpaired) electrons. The summed E-state index contributed by atoms with van der Waals surface area (Å²) in [6.45, 7) is 9.92. The van der Waals surface area contributed by atoms with Gasteiger partial charge in [-0.2, -0.15) is 0 Å². The molecule has 1 aromatic rings. The minimum Gasteiger partial charge on any atom is -0.371 e. The monoisotopic (exact) mass is 603 g/mol. The number of hydrogen-bond acceptors (Lipinski definition) is 5. The standard InChI is InChI=1S/C38H57N3O3/c1-26-20-35-38(39-4,41(23-26)24-36(43)40(5)19-16-28-10-7-6-8-11-28)17-9-12-31-32-14-13-29-21-30(42)15-18-37(29,3)34(32)22-33(31)27(2)25-44-35/h6-8,10-11,26,29,31-32,34-35,39H,9,12-25H2,1-5H3. The Bertz CT molecular complexity index is 1230. The van der Waals surface area contributed by atoms with Crippen LogP contribution in [0.3, 0.4) is 0 Å². The van der Waals surface area contributed by atoms with Crippen molar-refractivity contribution >= 4 is 11.7 Å². The lowest BCUT2D eigenvalue weighted by atomic mass is 9.52. The predicted octanol–water partition coefficient (Wildman–Crippen LogP) is 6.25. The Morgan fingerprint density at radius 1 is 1.14 bits per heavy atom. The zero-order valence-corrected chi connectivity index (χ0v) is 28.1. The van der Waals surface area contributed by atoms with Crippen molar-refractivity contribution in [3.63, 3.8) is 0 Å². The van der Waals surface area contributed by atoms with E-state index in [4.69, 9.17) is 4.74 Å². The maximum Gasteiger partial charge on any atom is 0.236 e. The van der Waals surface area contributed by atoms with Crippen LogP contribution >= 0.6 is 0 Å². The van der Waals surface area contributed by atoms with Gasteiger partial charge >= 0.3 is 0 Å². The maximum atomic E-state index is 13.7. The number of benzene rings is 1. The summed E-state index contributed by atoms with van der Waals surface area (Å²) in [6.07, 6.45) is 11.6. The van der Waals surface area contributed by atoms with Crippen LogP contribution in [0.1, 0.15) is 90.5 Å². The van der Waals surface area contributed by atoms with Crippen LogP contribution in [-0.2, 0) is 20.7 Å². The first kappa shape index (κ1) is 31.9. The molecule has 0 aromatic heterocycles. The van der Waals surface area contributed by atoms with Gasteiger partial charge in [0.1, 0.15) is 5.78 Å². The zero-order chi connectivity index (χ0) is 31.1. The fraction of sp³-hybridized carbons (Fsp3) is 0.737. The molecule has 242 valence electrons. The molecule has 5 aliphatic rings. The van der Waals surface area contributed by atoms with Gasteiger partial charge in [-0.05, 0) is 118 Å². The first-order valence-electron chi connectivity index (χ1n) is 17.7. The highest BCUT2D eigenvalue weighted by Crippen LogP contribution is 2.63. The molecule has 2 aliphatic heterocycles. The van der Waals surface area contributed by atoms with E-state index in [1.807, 2.05) is 18.0 Å². The molecule has 1 amide bonds. The summed E-state index contributed by atoms with van der Waals surface area (Å²) < 4.78 is 6.95. The van der Waals surface area contributed by atoms with E-state index in [1.165, 1.54) is 36.8 Å². The quantitative estimate of drug-likeness (QED) is 0.390. The largest absolute Gasteiger partial charge is 0.371 e. The summed E-state index contributed by atoms with van der Waals surface area (Å²) >= 11 is 0. The third kappa shape index (κ3) is 5.96. The molecule has 44 heavy (non-hydrogen) atoms. The molecule has 0 spiro atoms. The number of fused-ring (bicyclic) bond motifs is 6. The number of nitrogens with zero attached hydrogens (tertiary/aromatic N) is 2. The Labute approximate surface area is 266 Å². The van der Waals surface area contributed by atoms with Crippen molar-refractivity contribution in [2.45, 2.75) is 103 Å². The lowest BCUT2D eigenvalue weighted by molar-refractivity contribution is -0.149. The first-order valence-corrected chi connectivity index (χ1v) is 17.7. The van der Waals surface area contributed by atoms with Crippen molar-refractivity contribution in [1.29, 1.82) is 0 Å². The van der Waals surface area contributed by atoms with E-state index < -0.39 is 0 Å². The first-order chi connectivity index (χ1) is 21.1. The number of likely N-dealkylation sites (tertiary alicyclic amines) is 1. The van der Waals surface area contributed by atoms with Gasteiger partial charge in [0.15, 0.2) is 0 Å². The summed E-state index contributed by atoms with van der Waals surface area (Å²) in [5, 5.41) is 3.77. The van der Waals surface area contributed by atoms with E-state index in [9.17, 15) is 9.59 Å². The number of likely N-dealkylation sites (N-methyl/N-ethyl adjacent to an activating group) is 2. The van der Waals surface area contributed by atoms with Crippen LogP contribution in [0, 0.1) is 35.0 Å². The second kappa shape index (κ2) is 13.0. The molecule has 0 bridgehead atoms. The number of rotatable bonds is 6. The molecule has 8 unspecified atom stereocenters. The highest BCUT2D eigenvalue weighted by Gasteiger charge is 2.56. The molecule has 8 atom stereocenters. The van der Waals surface area contributed by atoms with Crippen molar-refractivity contribution in [2.24, 2.45) is 35.0 Å². The Balaban J connectivity index is 1.19. The van der Waals surface area contributed by atoms with Gasteiger partial charge in [0, 0.05) is 33.0 Å². The van der Waals surface area contributed by atoms with Crippen LogP contribution in [0.25, 0.3) is 0 Å². The van der Waals surface area contributed by atoms with Gasteiger partial charge in [0.05, 0.1) is 24.9 Å². The van der Waals surface area contributed by atoms with Crippen molar-refractivity contribution in [2.75, 3.05) is 40.3 Å². The number of hydrogen-bond donors (Lipinski definition) is 1. The maximum absolute atomic E-state index is 13.7. The van der Waals surface area contributed by atoms with Crippen molar-refractivity contribution in [1.82, 2.24) is 15.1 Å². The van der Waals surface area contributed by atoms with E-state index in [2.05, 4.69) is 62.3 Å². The summed E-state index contributed by atoms with van der Waals surface area (Å²) in [4.78, 5) is 30.4. The van der Waals surface area contributed by atoms with Crippen LogP contribution < -0.4 is 5.32 Å². The van der Waals surface area contributed by atoms with Crippen molar-refractivity contribution < 1.29 is 14.3 Å². The molecule has 1 aromatic carbocycles. The van der Waals surface area contributed by atoms with Gasteiger partial charge < -0.3 is 15.0 Å². The molecule has 6 rings (SSSR count). The summed E-state index contributed by atoms with van der Waals surface area (Å²) in [7, 11) is 4.04. The van der Waals surface area contributed by atoms with Gasteiger partial charge in [-0.15, -0.1) is 0 Å². The minimum absolute atomic E-state index is 0.0423. The Hall–Kier alpha value is -2.02. The molecule has 6 heteroatoms. The number of ketones is 1. The number of carbonyl (C=O) groups is 2. The van der Waals surface area contributed by atoms with Crippen molar-refractivity contribution in [3.05, 3.63) is 47.0 Å². The number of ether oxygens (including phenoxy) is 1. The van der Waals surface area contributed by atoms with Crippen LogP contribution in [0.15, 0.2) is 41.5 Å². The number of amides is 1. The molecule has 6 nitrogen and oxygen atoms in total. The fourth-order valence-corrected chi connectivity index (χ4v) is 10.4. The molecular formula is C38H57N3O3. The van der Waals surface area contributed by atoms with Crippen LogP contribution in [0.2, 0.25) is 0 Å². The lowest BCUT2D eigenvalue weighted by Gasteiger charge is -2.54. The fourth-order valence-electron chi connectivity index (χ4n) is 10.4. The summed E-state index contributed by atoms with van der Waals surface area (Å²) in [5.41, 5.74) is 4.36. The normalized spacial score (nSPS) is 37.9. The lowest BCUT2D eigenvalue weighted by Crippen LogP contribution is -2.70. The molecule has 2 heterocycles. The highest BCUT2D eigenvalue weighted by atomic mass is 16.5. The van der Waals surface area contributed by atoms with Gasteiger partial charge in [-0.25, -0.2) is 0 Å². The predicted molar refractivity (Wildman–Crippen MR) is 176 cm³/mol. The third-order valence-electron chi connectivity index (χ3n) is 13.1. The number of piperidine rings is 1. The van der Waals surface area contributed by atoms with E-state index in [0.717, 1.165) is 64.0 Å². The van der Waals surface area contributed by atoms with E-state index in [0.29, 0.717) is 48.0 Å². The number of Topliss-reactive ketones (excluding diaryl/α,β-unsaturated/α-hetero) is 1. The van der Waals surface area contributed by atoms with Crippen molar-refractivity contribution in [3.8, 4) is 0 Å². The Morgan fingerprint density at radius 2 is 1.93 bits per heavy atom. The molecule has 1 saturated heterocycles. The Kier molecular flexibility index (Phi) is 9.44. The van der Waals surface area contributed by atoms with Crippen LogP contribution in [0.4, 0.5) is 0 Å². The Morgan fingerprint density at radius 3 is 2.70 bits per heavy atom. The average Bonchev–Trinajstić information content (AvgIpc) is 3.40. The average molecular weight is 604 g/mol. The van der Waals surface area contributed by atoms with Gasteiger partial charge in [-0.3, -0.25) is 14.5 Å². The van der Waals surface area contributed by atoms with Crippen LogP contribution in [-0.4, -0.2) is 73.6 Å². The molecule has 3 aliphatic carbocycles. The number of nitrogens with one attached hydrogen (secondary N) is 1. The molecule has 4 fully saturated rings. The molecule has 3 saturated carbocycles. The second-order valence-electron chi connectivity index (χ2n) is 15.5. The minimum atomic E-state index is -0.342. The second-order valence-corrected chi connectivity index (χ2v) is 15.5.